The smallest absolute Gasteiger partial charge is 0.261 e. The molecule has 0 aliphatic heterocycles. The summed E-state index contributed by atoms with van der Waals surface area (Å²) < 4.78 is 3.17. The number of hydrogen-bond acceptors (Lipinski definition) is 4. The minimum atomic E-state index is -0.213. The first-order valence-electron chi connectivity index (χ1n) is 6.89. The second-order valence-electron chi connectivity index (χ2n) is 4.96. The highest BCUT2D eigenvalue weighted by molar-refractivity contribution is 7.98. The molecule has 2 heterocycles. The number of nitrogens with zero attached hydrogens (tertiary/aromatic N) is 4. The van der Waals surface area contributed by atoms with Crippen molar-refractivity contribution in [1.82, 2.24) is 19.2 Å². The van der Waals surface area contributed by atoms with Gasteiger partial charge in [-0.05, 0) is 36.6 Å². The summed E-state index contributed by atoms with van der Waals surface area (Å²) >= 11 is 7.54. The highest BCUT2D eigenvalue weighted by Crippen LogP contribution is 2.25. The van der Waals surface area contributed by atoms with Crippen LogP contribution in [-0.4, -0.2) is 25.4 Å². The van der Waals surface area contributed by atoms with Crippen LogP contribution in [0.15, 0.2) is 58.5 Å². The van der Waals surface area contributed by atoms with Crippen molar-refractivity contribution in [3.63, 3.8) is 0 Å². The van der Waals surface area contributed by atoms with Crippen molar-refractivity contribution in [3.8, 4) is 5.69 Å². The quantitative estimate of drug-likeness (QED) is 0.524. The van der Waals surface area contributed by atoms with Gasteiger partial charge in [0, 0.05) is 10.4 Å². The Balaban J connectivity index is 2.28. The molecule has 5 nitrogen and oxygen atoms in total. The standard InChI is InChI=1S/C16H11ClN4OS/c1-23-15-19-18-14-12-8-7-10(17)9-13(12)20(16(22)21(14)15)11-5-3-2-4-6-11/h2-9H,1H3. The molecular formula is C16H11ClN4OS. The summed E-state index contributed by atoms with van der Waals surface area (Å²) in [4.78, 5) is 13.1. The topological polar surface area (TPSA) is 52.2 Å². The van der Waals surface area contributed by atoms with Crippen molar-refractivity contribution >= 4 is 39.9 Å². The first-order chi connectivity index (χ1) is 11.2. The molecule has 0 saturated carbocycles. The van der Waals surface area contributed by atoms with E-state index in [-0.39, 0.29) is 5.69 Å². The number of halogens is 1. The van der Waals surface area contributed by atoms with Crippen molar-refractivity contribution in [2.24, 2.45) is 0 Å². The molecule has 0 aliphatic carbocycles. The van der Waals surface area contributed by atoms with Gasteiger partial charge in [-0.15, -0.1) is 10.2 Å². The molecule has 0 radical (unpaired) electrons. The molecule has 0 aliphatic rings. The first-order valence-corrected chi connectivity index (χ1v) is 8.50. The SMILES string of the molecule is CSc1nnc2c3ccc(Cl)cc3n(-c3ccccc3)c(=O)n12. The molecule has 7 heteroatoms. The zero-order chi connectivity index (χ0) is 16.0. The Labute approximate surface area is 140 Å². The highest BCUT2D eigenvalue weighted by Gasteiger charge is 2.17. The Hall–Kier alpha value is -2.31. The fraction of sp³-hybridized carbons (Fsp3) is 0.0625. The van der Waals surface area contributed by atoms with Crippen LogP contribution in [0.1, 0.15) is 0 Å². The van der Waals surface area contributed by atoms with E-state index in [0.29, 0.717) is 21.3 Å². The highest BCUT2D eigenvalue weighted by atomic mass is 35.5. The molecule has 23 heavy (non-hydrogen) atoms. The second-order valence-corrected chi connectivity index (χ2v) is 6.17. The maximum Gasteiger partial charge on any atom is 0.341 e. The fourth-order valence-corrected chi connectivity index (χ4v) is 3.29. The van der Waals surface area contributed by atoms with Gasteiger partial charge in [0.1, 0.15) is 0 Å². The molecular weight excluding hydrogens is 332 g/mol. The molecule has 4 rings (SSSR count). The predicted molar refractivity (Wildman–Crippen MR) is 92.9 cm³/mol. The van der Waals surface area contributed by atoms with Crippen molar-refractivity contribution in [2.45, 2.75) is 5.16 Å². The molecule has 0 amide bonds. The van der Waals surface area contributed by atoms with Gasteiger partial charge >= 0.3 is 5.69 Å². The predicted octanol–water partition coefficient (Wildman–Crippen LogP) is 3.41. The number of hydrogen-bond donors (Lipinski definition) is 0. The van der Waals surface area contributed by atoms with Crippen molar-refractivity contribution < 1.29 is 0 Å². The molecule has 0 atom stereocenters. The Bertz CT molecular complexity index is 1090. The molecule has 0 spiro atoms. The zero-order valence-corrected chi connectivity index (χ0v) is 13.7. The average Bonchev–Trinajstić information content (AvgIpc) is 3.00. The summed E-state index contributed by atoms with van der Waals surface area (Å²) in [6.07, 6.45) is 1.87. The molecule has 114 valence electrons. The van der Waals surface area contributed by atoms with Gasteiger partial charge in [0.05, 0.1) is 11.2 Å². The Morgan fingerprint density at radius 2 is 1.87 bits per heavy atom. The van der Waals surface area contributed by atoms with Crippen LogP contribution in [0.4, 0.5) is 0 Å². The van der Waals surface area contributed by atoms with E-state index < -0.39 is 0 Å². The maximum atomic E-state index is 13.1. The van der Waals surface area contributed by atoms with Crippen LogP contribution < -0.4 is 5.69 Å². The van der Waals surface area contributed by atoms with E-state index in [0.717, 1.165) is 11.1 Å². The minimum absolute atomic E-state index is 0.213. The molecule has 0 bridgehead atoms. The largest absolute Gasteiger partial charge is 0.341 e. The molecule has 0 fully saturated rings. The summed E-state index contributed by atoms with van der Waals surface area (Å²) in [7, 11) is 0. The average molecular weight is 343 g/mol. The van der Waals surface area contributed by atoms with Gasteiger partial charge in [-0.3, -0.25) is 4.57 Å². The Morgan fingerprint density at radius 1 is 1.09 bits per heavy atom. The summed E-state index contributed by atoms with van der Waals surface area (Å²) in [5.74, 6) is 0. The van der Waals surface area contributed by atoms with Gasteiger partial charge in [0.15, 0.2) is 10.8 Å². The third kappa shape index (κ3) is 2.14. The summed E-state index contributed by atoms with van der Waals surface area (Å²) in [5.41, 5.74) is 1.81. The Kier molecular flexibility index (Phi) is 3.36. The van der Waals surface area contributed by atoms with Crippen LogP contribution in [0.2, 0.25) is 5.02 Å². The summed E-state index contributed by atoms with van der Waals surface area (Å²) in [6, 6.07) is 14.9. The monoisotopic (exact) mass is 342 g/mol. The fourth-order valence-electron chi connectivity index (χ4n) is 2.66. The van der Waals surface area contributed by atoms with E-state index in [1.54, 1.807) is 16.7 Å². The van der Waals surface area contributed by atoms with Crippen LogP contribution in [0, 0.1) is 0 Å². The van der Waals surface area contributed by atoms with Crippen LogP contribution in [0.25, 0.3) is 22.2 Å². The molecule has 2 aromatic heterocycles. The third-order valence-electron chi connectivity index (χ3n) is 3.65. The molecule has 0 N–H and O–H groups in total. The Morgan fingerprint density at radius 3 is 2.61 bits per heavy atom. The number of rotatable bonds is 2. The van der Waals surface area contributed by atoms with E-state index in [2.05, 4.69) is 10.2 Å². The number of fused-ring (bicyclic) bond motifs is 3. The minimum Gasteiger partial charge on any atom is -0.261 e. The lowest BCUT2D eigenvalue weighted by molar-refractivity contribution is 0.832. The van der Waals surface area contributed by atoms with Crippen molar-refractivity contribution in [2.75, 3.05) is 6.26 Å². The third-order valence-corrected chi connectivity index (χ3v) is 4.52. The first kappa shape index (κ1) is 14.3. The maximum absolute atomic E-state index is 13.1. The van der Waals surface area contributed by atoms with E-state index in [1.807, 2.05) is 42.7 Å². The lowest BCUT2D eigenvalue weighted by atomic mass is 10.2. The van der Waals surface area contributed by atoms with Gasteiger partial charge in [-0.1, -0.05) is 41.6 Å². The van der Waals surface area contributed by atoms with Crippen LogP contribution in [0.3, 0.4) is 0 Å². The van der Waals surface area contributed by atoms with E-state index >= 15 is 0 Å². The van der Waals surface area contributed by atoms with E-state index in [9.17, 15) is 4.79 Å². The lowest BCUT2D eigenvalue weighted by Crippen LogP contribution is -2.26. The number of aromatic nitrogens is 4. The van der Waals surface area contributed by atoms with E-state index in [4.69, 9.17) is 11.6 Å². The number of thioether (sulfide) groups is 1. The molecule has 0 unspecified atom stereocenters. The molecule has 0 saturated heterocycles. The summed E-state index contributed by atoms with van der Waals surface area (Å²) in [6.45, 7) is 0. The second kappa shape index (κ2) is 5.40. The van der Waals surface area contributed by atoms with Gasteiger partial charge in [-0.2, -0.15) is 0 Å². The van der Waals surface area contributed by atoms with Crippen molar-refractivity contribution in [1.29, 1.82) is 0 Å². The van der Waals surface area contributed by atoms with Crippen LogP contribution in [-0.2, 0) is 0 Å². The lowest BCUT2D eigenvalue weighted by Gasteiger charge is -2.12. The number of benzene rings is 2. The van der Waals surface area contributed by atoms with Gasteiger partial charge < -0.3 is 0 Å². The van der Waals surface area contributed by atoms with Gasteiger partial charge in [-0.25, -0.2) is 9.20 Å². The summed E-state index contributed by atoms with van der Waals surface area (Å²) in [5, 5.41) is 10.2. The van der Waals surface area contributed by atoms with Crippen molar-refractivity contribution in [3.05, 3.63) is 64.0 Å². The van der Waals surface area contributed by atoms with Gasteiger partial charge in [0.2, 0.25) is 0 Å². The van der Waals surface area contributed by atoms with Crippen LogP contribution >= 0.6 is 23.4 Å². The van der Waals surface area contributed by atoms with Crippen LogP contribution in [0.5, 0.6) is 0 Å². The number of para-hydroxylation sites is 1. The normalized spacial score (nSPS) is 11.4. The van der Waals surface area contributed by atoms with Gasteiger partial charge in [0.25, 0.3) is 0 Å². The molecule has 2 aromatic carbocycles. The zero-order valence-electron chi connectivity index (χ0n) is 12.1. The molecule has 4 aromatic rings. The van der Waals surface area contributed by atoms with E-state index in [1.165, 1.54) is 16.2 Å².